The molecule has 1 aromatic carbocycles. The molecule has 0 aliphatic carbocycles. The number of benzene rings is 1. The van der Waals surface area contributed by atoms with Crippen LogP contribution in [0.5, 0.6) is 0 Å². The Morgan fingerprint density at radius 2 is 2.26 bits per heavy atom. The molecule has 6 heteroatoms. The van der Waals surface area contributed by atoms with Crippen LogP contribution in [0.15, 0.2) is 49.1 Å². The summed E-state index contributed by atoms with van der Waals surface area (Å²) in [5.74, 6) is 0.0626. The maximum Gasteiger partial charge on any atom is 0.254 e. The number of nitrogens with one attached hydrogen (secondary N) is 1. The second-order valence-electron chi connectivity index (χ2n) is 5.71. The van der Waals surface area contributed by atoms with Crippen LogP contribution in [-0.4, -0.2) is 37.1 Å². The quantitative estimate of drug-likeness (QED) is 0.803. The van der Waals surface area contributed by atoms with Crippen molar-refractivity contribution < 1.29 is 4.79 Å². The van der Waals surface area contributed by atoms with Gasteiger partial charge in [0.1, 0.15) is 0 Å². The Balaban J connectivity index is 1.52. The number of amides is 1. The molecule has 4 rings (SSSR count). The minimum Gasteiger partial charge on any atom is -0.347 e. The average molecular weight is 307 g/mol. The molecule has 0 radical (unpaired) electrons. The van der Waals surface area contributed by atoms with Gasteiger partial charge < -0.3 is 9.88 Å². The summed E-state index contributed by atoms with van der Waals surface area (Å²) in [6.07, 6.45) is 6.17. The SMILES string of the molecule is O=C(c1cccc(Cn2cccn2)c1)N1CCc2nc[nH]c2C1. The van der Waals surface area contributed by atoms with Gasteiger partial charge >= 0.3 is 0 Å². The Bertz CT molecular complexity index is 821. The van der Waals surface area contributed by atoms with E-state index in [1.54, 1.807) is 12.5 Å². The van der Waals surface area contributed by atoms with Crippen molar-refractivity contribution in [3.05, 3.63) is 71.6 Å². The topological polar surface area (TPSA) is 66.8 Å². The molecule has 0 unspecified atom stereocenters. The lowest BCUT2D eigenvalue weighted by Crippen LogP contribution is -2.36. The molecule has 0 fully saturated rings. The van der Waals surface area contributed by atoms with Crippen molar-refractivity contribution in [1.29, 1.82) is 0 Å². The maximum atomic E-state index is 12.8. The van der Waals surface area contributed by atoms with E-state index in [1.807, 2.05) is 46.1 Å². The third-order valence-corrected chi connectivity index (χ3v) is 4.14. The van der Waals surface area contributed by atoms with Crippen molar-refractivity contribution in [2.75, 3.05) is 6.54 Å². The molecule has 116 valence electrons. The van der Waals surface area contributed by atoms with Gasteiger partial charge in [-0.3, -0.25) is 9.48 Å². The molecule has 0 saturated carbocycles. The van der Waals surface area contributed by atoms with Gasteiger partial charge in [0.05, 0.1) is 30.8 Å². The number of fused-ring (bicyclic) bond motifs is 1. The molecule has 0 atom stereocenters. The molecule has 1 aliphatic rings. The van der Waals surface area contributed by atoms with Crippen LogP contribution in [0.4, 0.5) is 0 Å². The van der Waals surface area contributed by atoms with E-state index in [1.165, 1.54) is 0 Å². The number of rotatable bonds is 3. The summed E-state index contributed by atoms with van der Waals surface area (Å²) in [4.78, 5) is 22.0. The predicted octanol–water partition coefficient (Wildman–Crippen LogP) is 1.85. The van der Waals surface area contributed by atoms with Crippen LogP contribution in [0.25, 0.3) is 0 Å². The van der Waals surface area contributed by atoms with Gasteiger partial charge in [0.2, 0.25) is 0 Å². The largest absolute Gasteiger partial charge is 0.347 e. The summed E-state index contributed by atoms with van der Waals surface area (Å²) in [6.45, 7) is 1.97. The number of H-pyrrole nitrogens is 1. The molecule has 3 heterocycles. The van der Waals surface area contributed by atoms with Crippen molar-refractivity contribution in [2.45, 2.75) is 19.5 Å². The monoisotopic (exact) mass is 307 g/mol. The lowest BCUT2D eigenvalue weighted by Gasteiger charge is -2.26. The highest BCUT2D eigenvalue weighted by Crippen LogP contribution is 2.18. The fraction of sp³-hybridized carbons (Fsp3) is 0.235. The van der Waals surface area contributed by atoms with Gasteiger partial charge in [-0.15, -0.1) is 0 Å². The summed E-state index contributed by atoms with van der Waals surface area (Å²) in [7, 11) is 0. The van der Waals surface area contributed by atoms with Crippen molar-refractivity contribution in [3.63, 3.8) is 0 Å². The van der Waals surface area contributed by atoms with E-state index in [0.717, 1.165) is 28.9 Å². The molecule has 6 nitrogen and oxygen atoms in total. The number of carbonyl (C=O) groups is 1. The molecule has 1 N–H and O–H groups in total. The minimum atomic E-state index is 0.0626. The van der Waals surface area contributed by atoms with Crippen molar-refractivity contribution in [2.24, 2.45) is 0 Å². The summed E-state index contributed by atoms with van der Waals surface area (Å²) in [6, 6.07) is 9.66. The van der Waals surface area contributed by atoms with Gasteiger partial charge in [-0.2, -0.15) is 5.10 Å². The lowest BCUT2D eigenvalue weighted by molar-refractivity contribution is 0.0732. The molecular weight excluding hydrogens is 290 g/mol. The van der Waals surface area contributed by atoms with Crippen LogP contribution in [0.3, 0.4) is 0 Å². The van der Waals surface area contributed by atoms with Gasteiger partial charge in [-0.05, 0) is 23.8 Å². The van der Waals surface area contributed by atoms with E-state index in [9.17, 15) is 4.79 Å². The minimum absolute atomic E-state index is 0.0626. The molecule has 1 aliphatic heterocycles. The normalized spacial score (nSPS) is 13.8. The average Bonchev–Trinajstić information content (AvgIpc) is 3.25. The van der Waals surface area contributed by atoms with Crippen LogP contribution in [0, 0.1) is 0 Å². The van der Waals surface area contributed by atoms with E-state index >= 15 is 0 Å². The molecular formula is C17H17N5O. The number of imidazole rings is 1. The highest BCUT2D eigenvalue weighted by Gasteiger charge is 2.23. The molecule has 0 spiro atoms. The summed E-state index contributed by atoms with van der Waals surface area (Å²) in [5.41, 5.74) is 3.90. The third kappa shape index (κ3) is 2.75. The second-order valence-corrected chi connectivity index (χ2v) is 5.71. The number of hydrogen-bond donors (Lipinski definition) is 1. The number of aromatic amines is 1. The fourth-order valence-corrected chi connectivity index (χ4v) is 2.95. The second kappa shape index (κ2) is 5.72. The standard InChI is InChI=1S/C17H17N5O/c23-17(21-8-5-15-16(11-21)19-12-18-15)14-4-1-3-13(9-14)10-22-7-2-6-20-22/h1-4,6-7,9,12H,5,8,10-11H2,(H,18,19). The van der Waals surface area contributed by atoms with Crippen LogP contribution < -0.4 is 0 Å². The molecule has 3 aromatic rings. The van der Waals surface area contributed by atoms with Gasteiger partial charge in [0.25, 0.3) is 5.91 Å². The Morgan fingerprint density at radius 1 is 1.30 bits per heavy atom. The van der Waals surface area contributed by atoms with Crippen LogP contribution >= 0.6 is 0 Å². The highest BCUT2D eigenvalue weighted by atomic mass is 16.2. The number of carbonyl (C=O) groups excluding carboxylic acids is 1. The van der Waals surface area contributed by atoms with Crippen molar-refractivity contribution >= 4 is 5.91 Å². The molecule has 1 amide bonds. The van der Waals surface area contributed by atoms with E-state index < -0.39 is 0 Å². The Kier molecular flexibility index (Phi) is 3.42. The van der Waals surface area contributed by atoms with E-state index in [2.05, 4.69) is 15.1 Å². The molecule has 23 heavy (non-hydrogen) atoms. The van der Waals surface area contributed by atoms with Crippen LogP contribution in [-0.2, 0) is 19.5 Å². The number of hydrogen-bond acceptors (Lipinski definition) is 3. The lowest BCUT2D eigenvalue weighted by atomic mass is 10.1. The zero-order chi connectivity index (χ0) is 15.6. The smallest absolute Gasteiger partial charge is 0.254 e. The van der Waals surface area contributed by atoms with Crippen LogP contribution in [0.1, 0.15) is 27.3 Å². The molecule has 0 saturated heterocycles. The first-order chi connectivity index (χ1) is 11.3. The first-order valence-electron chi connectivity index (χ1n) is 7.66. The van der Waals surface area contributed by atoms with Crippen molar-refractivity contribution in [3.8, 4) is 0 Å². The molecule has 2 aromatic heterocycles. The summed E-state index contributed by atoms with van der Waals surface area (Å²) < 4.78 is 1.85. The van der Waals surface area contributed by atoms with Crippen molar-refractivity contribution in [1.82, 2.24) is 24.6 Å². The first-order valence-corrected chi connectivity index (χ1v) is 7.66. The Hall–Kier alpha value is -2.89. The third-order valence-electron chi connectivity index (χ3n) is 4.14. The highest BCUT2D eigenvalue weighted by molar-refractivity contribution is 5.94. The van der Waals surface area contributed by atoms with Gasteiger partial charge in [0.15, 0.2) is 0 Å². The summed E-state index contributed by atoms with van der Waals surface area (Å²) in [5, 5.41) is 4.21. The van der Waals surface area contributed by atoms with E-state index in [0.29, 0.717) is 19.6 Å². The Labute approximate surface area is 133 Å². The Morgan fingerprint density at radius 3 is 3.13 bits per heavy atom. The van der Waals surface area contributed by atoms with E-state index in [-0.39, 0.29) is 5.91 Å². The summed E-state index contributed by atoms with van der Waals surface area (Å²) >= 11 is 0. The fourth-order valence-electron chi connectivity index (χ4n) is 2.95. The van der Waals surface area contributed by atoms with E-state index in [4.69, 9.17) is 0 Å². The van der Waals surface area contributed by atoms with Gasteiger partial charge in [0, 0.05) is 30.9 Å². The van der Waals surface area contributed by atoms with Gasteiger partial charge in [-0.25, -0.2) is 4.98 Å². The van der Waals surface area contributed by atoms with Gasteiger partial charge in [-0.1, -0.05) is 12.1 Å². The van der Waals surface area contributed by atoms with Crippen LogP contribution in [0.2, 0.25) is 0 Å². The zero-order valence-electron chi connectivity index (χ0n) is 12.6. The predicted molar refractivity (Wildman–Crippen MR) is 84.8 cm³/mol. The molecule has 0 bridgehead atoms. The first kappa shape index (κ1) is 13.8. The number of aromatic nitrogens is 4. The number of nitrogens with zero attached hydrogens (tertiary/aromatic N) is 4. The zero-order valence-corrected chi connectivity index (χ0v) is 12.6. The maximum absolute atomic E-state index is 12.8.